The third kappa shape index (κ3) is 4.55. The molecular weight excluding hydrogens is 396 g/mol. The number of nitrogens with zero attached hydrogens (tertiary/aromatic N) is 1. The van der Waals surface area contributed by atoms with Crippen LogP contribution in [0.1, 0.15) is 15.9 Å². The van der Waals surface area contributed by atoms with E-state index in [1.807, 2.05) is 18.2 Å². The van der Waals surface area contributed by atoms with Crippen LogP contribution in [-0.2, 0) is 4.79 Å². The monoisotopic (exact) mass is 410 g/mol. The first-order valence-corrected chi connectivity index (χ1v) is 8.65. The van der Waals surface area contributed by atoms with Crippen molar-refractivity contribution < 1.29 is 14.3 Å². The van der Waals surface area contributed by atoms with Gasteiger partial charge in [-0.3, -0.25) is 14.6 Å². The molecule has 3 rings (SSSR count). The van der Waals surface area contributed by atoms with Crippen LogP contribution in [0.3, 0.4) is 0 Å². The highest BCUT2D eigenvalue weighted by Gasteiger charge is 2.13. The van der Waals surface area contributed by atoms with Gasteiger partial charge in [-0.1, -0.05) is 30.3 Å². The minimum absolute atomic E-state index is 0.0849. The highest BCUT2D eigenvalue weighted by atomic mass is 79.9. The van der Waals surface area contributed by atoms with Gasteiger partial charge in [0.2, 0.25) is 0 Å². The first-order valence-electron chi connectivity index (χ1n) is 7.85. The molecule has 0 radical (unpaired) electrons. The minimum atomic E-state index is -0.293. The molecule has 6 heteroatoms. The van der Waals surface area contributed by atoms with Crippen molar-refractivity contribution in [2.45, 2.75) is 0 Å². The van der Waals surface area contributed by atoms with Gasteiger partial charge in [0.25, 0.3) is 5.91 Å². The van der Waals surface area contributed by atoms with Crippen LogP contribution in [0.4, 0.5) is 5.69 Å². The number of rotatable bonds is 6. The van der Waals surface area contributed by atoms with E-state index in [1.54, 1.807) is 54.9 Å². The van der Waals surface area contributed by atoms with Crippen molar-refractivity contribution in [1.29, 1.82) is 0 Å². The van der Waals surface area contributed by atoms with E-state index in [0.717, 1.165) is 0 Å². The molecule has 1 heterocycles. The van der Waals surface area contributed by atoms with Crippen LogP contribution in [0.15, 0.2) is 77.5 Å². The van der Waals surface area contributed by atoms with Crippen molar-refractivity contribution in [3.63, 3.8) is 0 Å². The molecule has 0 unspecified atom stereocenters. The number of amides is 1. The molecule has 0 fully saturated rings. The summed E-state index contributed by atoms with van der Waals surface area (Å²) in [6.45, 7) is -0.146. The number of aromatic nitrogens is 1. The molecule has 0 spiro atoms. The Morgan fingerprint density at radius 3 is 2.54 bits per heavy atom. The third-order valence-corrected chi connectivity index (χ3v) is 4.19. The zero-order chi connectivity index (χ0) is 18.4. The lowest BCUT2D eigenvalue weighted by Gasteiger charge is -2.09. The predicted molar refractivity (Wildman–Crippen MR) is 102 cm³/mol. The fourth-order valence-electron chi connectivity index (χ4n) is 2.30. The molecule has 0 bridgehead atoms. The van der Waals surface area contributed by atoms with Gasteiger partial charge in [0, 0.05) is 21.8 Å². The Labute approximate surface area is 159 Å². The molecule has 2 aromatic carbocycles. The number of pyridine rings is 1. The van der Waals surface area contributed by atoms with E-state index in [4.69, 9.17) is 4.74 Å². The lowest BCUT2D eigenvalue weighted by molar-refractivity contribution is -0.118. The summed E-state index contributed by atoms with van der Waals surface area (Å²) in [4.78, 5) is 28.3. The number of ether oxygens (including phenoxy) is 1. The maximum Gasteiger partial charge on any atom is 0.262 e. The molecule has 1 amide bonds. The van der Waals surface area contributed by atoms with Gasteiger partial charge < -0.3 is 10.1 Å². The summed E-state index contributed by atoms with van der Waals surface area (Å²) in [6, 6.07) is 17.5. The van der Waals surface area contributed by atoms with Crippen molar-refractivity contribution in [2.75, 3.05) is 11.9 Å². The molecule has 0 aliphatic carbocycles. The molecule has 0 atom stereocenters. The SMILES string of the molecule is O=C(COc1ccc(C(=O)c2ccccc2)c(Br)c1)Nc1cccnc1. The maximum atomic E-state index is 12.5. The van der Waals surface area contributed by atoms with Crippen molar-refractivity contribution in [2.24, 2.45) is 0 Å². The highest BCUT2D eigenvalue weighted by molar-refractivity contribution is 9.10. The maximum absolute atomic E-state index is 12.5. The van der Waals surface area contributed by atoms with E-state index in [-0.39, 0.29) is 18.3 Å². The smallest absolute Gasteiger partial charge is 0.262 e. The summed E-state index contributed by atoms with van der Waals surface area (Å²) < 4.78 is 6.10. The predicted octanol–water partition coefficient (Wildman–Crippen LogP) is 4.09. The highest BCUT2D eigenvalue weighted by Crippen LogP contribution is 2.25. The molecule has 1 N–H and O–H groups in total. The second-order valence-corrected chi connectivity index (χ2v) is 6.27. The Bertz CT molecular complexity index is 915. The van der Waals surface area contributed by atoms with Gasteiger partial charge in [0.05, 0.1) is 11.9 Å². The van der Waals surface area contributed by atoms with Crippen LogP contribution in [-0.4, -0.2) is 23.3 Å². The van der Waals surface area contributed by atoms with Crippen molar-refractivity contribution in [3.05, 3.63) is 88.7 Å². The molecule has 0 saturated carbocycles. The second kappa shape index (κ2) is 8.40. The first kappa shape index (κ1) is 17.8. The fourth-order valence-corrected chi connectivity index (χ4v) is 2.84. The summed E-state index contributed by atoms with van der Waals surface area (Å²) in [5.74, 6) is 0.111. The van der Waals surface area contributed by atoms with Crippen LogP contribution in [0, 0.1) is 0 Å². The van der Waals surface area contributed by atoms with E-state index < -0.39 is 0 Å². The minimum Gasteiger partial charge on any atom is -0.484 e. The number of halogens is 1. The zero-order valence-electron chi connectivity index (χ0n) is 13.7. The first-order chi connectivity index (χ1) is 12.6. The standard InChI is InChI=1S/C20H15BrN2O3/c21-18-11-16(26-13-19(24)23-15-7-4-10-22-12-15)8-9-17(18)20(25)14-5-2-1-3-6-14/h1-12H,13H2,(H,23,24). The molecule has 130 valence electrons. The summed E-state index contributed by atoms with van der Waals surface area (Å²) >= 11 is 3.40. The number of carbonyl (C=O) groups excluding carboxylic acids is 2. The average Bonchev–Trinajstić information content (AvgIpc) is 2.67. The molecule has 3 aromatic rings. The van der Waals surface area contributed by atoms with Crippen LogP contribution >= 0.6 is 15.9 Å². The Balaban J connectivity index is 1.62. The van der Waals surface area contributed by atoms with Gasteiger partial charge in [-0.05, 0) is 46.3 Å². The Morgan fingerprint density at radius 2 is 1.85 bits per heavy atom. The van der Waals surface area contributed by atoms with Crippen molar-refractivity contribution in [3.8, 4) is 5.75 Å². The lowest BCUT2D eigenvalue weighted by atomic mass is 10.0. The number of hydrogen-bond acceptors (Lipinski definition) is 4. The molecule has 26 heavy (non-hydrogen) atoms. The number of ketones is 1. The molecule has 0 aliphatic heterocycles. The number of anilines is 1. The molecule has 0 saturated heterocycles. The van der Waals surface area contributed by atoms with E-state index in [1.165, 1.54) is 0 Å². The molecular formula is C20H15BrN2O3. The summed E-state index contributed by atoms with van der Waals surface area (Å²) in [5, 5.41) is 2.69. The molecule has 1 aromatic heterocycles. The van der Waals surface area contributed by atoms with Crippen molar-refractivity contribution in [1.82, 2.24) is 4.98 Å². The zero-order valence-corrected chi connectivity index (χ0v) is 15.3. The van der Waals surface area contributed by atoms with Gasteiger partial charge in [0.15, 0.2) is 12.4 Å². The van der Waals surface area contributed by atoms with Crippen LogP contribution < -0.4 is 10.1 Å². The number of hydrogen-bond donors (Lipinski definition) is 1. The molecule has 0 aliphatic rings. The number of carbonyl (C=O) groups is 2. The van der Waals surface area contributed by atoms with E-state index in [0.29, 0.717) is 27.0 Å². The summed E-state index contributed by atoms with van der Waals surface area (Å²) in [7, 11) is 0. The van der Waals surface area contributed by atoms with E-state index in [2.05, 4.69) is 26.2 Å². The van der Waals surface area contributed by atoms with Gasteiger partial charge in [-0.25, -0.2) is 0 Å². The second-order valence-electron chi connectivity index (χ2n) is 5.42. The largest absolute Gasteiger partial charge is 0.484 e. The Kier molecular flexibility index (Phi) is 5.76. The van der Waals surface area contributed by atoms with Crippen LogP contribution in [0.25, 0.3) is 0 Å². The Morgan fingerprint density at radius 1 is 1.04 bits per heavy atom. The normalized spacial score (nSPS) is 10.2. The lowest BCUT2D eigenvalue weighted by Crippen LogP contribution is -2.20. The van der Waals surface area contributed by atoms with Gasteiger partial charge in [0.1, 0.15) is 5.75 Å². The quantitative estimate of drug-likeness (QED) is 0.621. The molecule has 5 nitrogen and oxygen atoms in total. The fraction of sp³-hybridized carbons (Fsp3) is 0.0500. The third-order valence-electron chi connectivity index (χ3n) is 3.54. The van der Waals surface area contributed by atoms with Crippen molar-refractivity contribution >= 4 is 33.3 Å². The van der Waals surface area contributed by atoms with Gasteiger partial charge in [-0.15, -0.1) is 0 Å². The van der Waals surface area contributed by atoms with Crippen LogP contribution in [0.2, 0.25) is 0 Å². The summed E-state index contributed by atoms with van der Waals surface area (Å²) in [6.07, 6.45) is 3.18. The van der Waals surface area contributed by atoms with Crippen LogP contribution in [0.5, 0.6) is 5.75 Å². The number of benzene rings is 2. The van der Waals surface area contributed by atoms with Gasteiger partial charge >= 0.3 is 0 Å². The number of nitrogens with one attached hydrogen (secondary N) is 1. The van der Waals surface area contributed by atoms with E-state index in [9.17, 15) is 9.59 Å². The average molecular weight is 411 g/mol. The summed E-state index contributed by atoms with van der Waals surface area (Å²) in [5.41, 5.74) is 1.74. The topological polar surface area (TPSA) is 68.3 Å². The van der Waals surface area contributed by atoms with Gasteiger partial charge in [-0.2, -0.15) is 0 Å². The Hall–Kier alpha value is -2.99. The van der Waals surface area contributed by atoms with E-state index >= 15 is 0 Å².